The standard InChI is InChI=1S/C27H29Cl2N3O4/c1-2-35-27(34)20-10-12-32(13-11-20)26(33)24-18-36-25(30-24)17-31(15-19-6-4-3-5-7-19)16-21-8-9-22(28)14-23(21)29/h3-9,14,18,20H,2,10-13,15-17H2,1H3. The summed E-state index contributed by atoms with van der Waals surface area (Å²) in [6.45, 7) is 4.73. The maximum Gasteiger partial charge on any atom is 0.309 e. The lowest BCUT2D eigenvalue weighted by Gasteiger charge is -2.30. The maximum absolute atomic E-state index is 13.0. The zero-order valence-corrected chi connectivity index (χ0v) is 21.7. The van der Waals surface area contributed by atoms with Crippen LogP contribution in [0.4, 0.5) is 0 Å². The number of carbonyl (C=O) groups excluding carboxylic acids is 2. The number of aromatic nitrogens is 1. The number of hydrogen-bond donors (Lipinski definition) is 0. The molecule has 190 valence electrons. The van der Waals surface area contributed by atoms with Crippen LogP contribution in [0.25, 0.3) is 0 Å². The Kier molecular flexibility index (Phi) is 9.02. The third kappa shape index (κ3) is 6.87. The molecule has 36 heavy (non-hydrogen) atoms. The van der Waals surface area contributed by atoms with E-state index >= 15 is 0 Å². The summed E-state index contributed by atoms with van der Waals surface area (Å²) in [6.07, 6.45) is 2.58. The molecule has 4 rings (SSSR count). The lowest BCUT2D eigenvalue weighted by atomic mass is 9.97. The number of rotatable bonds is 9. The Morgan fingerprint density at radius 2 is 1.83 bits per heavy atom. The van der Waals surface area contributed by atoms with Crippen LogP contribution in [0.15, 0.2) is 59.2 Å². The molecule has 7 nitrogen and oxygen atoms in total. The Hall–Kier alpha value is -2.87. The zero-order chi connectivity index (χ0) is 25.5. The van der Waals surface area contributed by atoms with Crippen molar-refractivity contribution >= 4 is 35.1 Å². The van der Waals surface area contributed by atoms with Crippen molar-refractivity contribution in [3.63, 3.8) is 0 Å². The van der Waals surface area contributed by atoms with E-state index in [2.05, 4.69) is 22.0 Å². The molecule has 2 heterocycles. The Morgan fingerprint density at radius 1 is 1.08 bits per heavy atom. The molecule has 1 aromatic heterocycles. The van der Waals surface area contributed by atoms with E-state index in [1.165, 1.54) is 6.26 Å². The molecule has 0 radical (unpaired) electrons. The number of nitrogens with zero attached hydrogens (tertiary/aromatic N) is 3. The molecule has 1 fully saturated rings. The molecule has 9 heteroatoms. The van der Waals surface area contributed by atoms with Crippen molar-refractivity contribution in [1.29, 1.82) is 0 Å². The SMILES string of the molecule is CCOC(=O)C1CCN(C(=O)c2coc(CN(Cc3ccccc3)Cc3ccc(Cl)cc3Cl)n2)CC1. The average Bonchev–Trinajstić information content (AvgIpc) is 3.34. The van der Waals surface area contributed by atoms with Gasteiger partial charge in [-0.2, -0.15) is 0 Å². The first-order valence-electron chi connectivity index (χ1n) is 12.0. The van der Waals surface area contributed by atoms with Gasteiger partial charge in [0.2, 0.25) is 5.89 Å². The van der Waals surface area contributed by atoms with Gasteiger partial charge in [0.05, 0.1) is 19.1 Å². The highest BCUT2D eigenvalue weighted by Gasteiger charge is 2.30. The predicted octanol–water partition coefficient (Wildman–Crippen LogP) is 5.60. The topological polar surface area (TPSA) is 75.9 Å². The number of oxazole rings is 1. The van der Waals surface area contributed by atoms with Crippen LogP contribution in [0.2, 0.25) is 10.0 Å². The summed E-state index contributed by atoms with van der Waals surface area (Å²) in [7, 11) is 0. The second kappa shape index (κ2) is 12.4. The molecule has 1 amide bonds. The average molecular weight is 530 g/mol. The normalized spacial score (nSPS) is 14.3. The first kappa shape index (κ1) is 26.2. The number of ether oxygens (including phenoxy) is 1. The van der Waals surface area contributed by atoms with Crippen LogP contribution in [0.3, 0.4) is 0 Å². The van der Waals surface area contributed by atoms with E-state index < -0.39 is 0 Å². The van der Waals surface area contributed by atoms with Crippen LogP contribution >= 0.6 is 23.2 Å². The number of amides is 1. The molecule has 0 unspecified atom stereocenters. The minimum atomic E-state index is -0.192. The van der Waals surface area contributed by atoms with Crippen molar-refractivity contribution < 1.29 is 18.7 Å². The summed E-state index contributed by atoms with van der Waals surface area (Å²) in [6, 6.07) is 15.5. The number of halogens is 2. The van der Waals surface area contributed by atoms with Crippen molar-refractivity contribution in [2.75, 3.05) is 19.7 Å². The third-order valence-corrected chi connectivity index (χ3v) is 6.78. The van der Waals surface area contributed by atoms with Crippen LogP contribution in [-0.2, 0) is 29.2 Å². The van der Waals surface area contributed by atoms with Crippen LogP contribution in [-0.4, -0.2) is 46.4 Å². The molecule has 2 aromatic carbocycles. The van der Waals surface area contributed by atoms with Gasteiger partial charge < -0.3 is 14.1 Å². The fraction of sp³-hybridized carbons (Fsp3) is 0.370. The molecule has 1 saturated heterocycles. The fourth-order valence-corrected chi connectivity index (χ4v) is 4.78. The van der Waals surface area contributed by atoms with Gasteiger partial charge in [-0.05, 0) is 43.0 Å². The Bertz CT molecular complexity index is 1180. The smallest absolute Gasteiger partial charge is 0.309 e. The molecule has 0 saturated carbocycles. The summed E-state index contributed by atoms with van der Waals surface area (Å²) in [4.78, 5) is 33.3. The summed E-state index contributed by atoms with van der Waals surface area (Å²) >= 11 is 12.5. The Morgan fingerprint density at radius 3 is 2.53 bits per heavy atom. The number of benzene rings is 2. The second-order valence-corrected chi connectivity index (χ2v) is 9.66. The molecule has 1 aliphatic rings. The van der Waals surface area contributed by atoms with Gasteiger partial charge in [-0.3, -0.25) is 14.5 Å². The largest absolute Gasteiger partial charge is 0.466 e. The van der Waals surface area contributed by atoms with Crippen molar-refractivity contribution in [1.82, 2.24) is 14.8 Å². The molecular formula is C27H29Cl2N3O4. The van der Waals surface area contributed by atoms with E-state index in [0.717, 1.165) is 11.1 Å². The van der Waals surface area contributed by atoms with E-state index in [-0.39, 0.29) is 23.5 Å². The van der Waals surface area contributed by atoms with Gasteiger partial charge in [0.1, 0.15) is 6.26 Å². The number of piperidine rings is 1. The number of hydrogen-bond acceptors (Lipinski definition) is 6. The van der Waals surface area contributed by atoms with Crippen LogP contribution in [0.5, 0.6) is 0 Å². The van der Waals surface area contributed by atoms with Gasteiger partial charge in [-0.15, -0.1) is 0 Å². The highest BCUT2D eigenvalue weighted by Crippen LogP contribution is 2.24. The van der Waals surface area contributed by atoms with Crippen molar-refractivity contribution in [2.24, 2.45) is 5.92 Å². The molecule has 0 bridgehead atoms. The van der Waals surface area contributed by atoms with Gasteiger partial charge in [0.25, 0.3) is 5.91 Å². The zero-order valence-electron chi connectivity index (χ0n) is 20.2. The van der Waals surface area contributed by atoms with E-state index in [1.807, 2.05) is 30.3 Å². The fourth-order valence-electron chi connectivity index (χ4n) is 4.31. The van der Waals surface area contributed by atoms with Gasteiger partial charge in [0, 0.05) is 36.2 Å². The summed E-state index contributed by atoms with van der Waals surface area (Å²) in [5.41, 5.74) is 2.34. The van der Waals surface area contributed by atoms with E-state index in [4.69, 9.17) is 32.4 Å². The van der Waals surface area contributed by atoms with Gasteiger partial charge in [-0.25, -0.2) is 4.98 Å². The molecule has 3 aromatic rings. The highest BCUT2D eigenvalue weighted by molar-refractivity contribution is 6.35. The molecule has 1 aliphatic heterocycles. The van der Waals surface area contributed by atoms with E-state index in [9.17, 15) is 9.59 Å². The quantitative estimate of drug-likeness (QED) is 0.336. The van der Waals surface area contributed by atoms with E-state index in [1.54, 1.807) is 17.9 Å². The number of likely N-dealkylation sites (tertiary alicyclic amines) is 1. The maximum atomic E-state index is 13.0. The first-order chi connectivity index (χ1) is 17.4. The molecule has 0 spiro atoms. The van der Waals surface area contributed by atoms with Gasteiger partial charge >= 0.3 is 5.97 Å². The van der Waals surface area contributed by atoms with Crippen molar-refractivity contribution in [2.45, 2.75) is 39.4 Å². The van der Waals surface area contributed by atoms with Crippen LogP contribution in [0, 0.1) is 5.92 Å². The van der Waals surface area contributed by atoms with Gasteiger partial charge in [0.15, 0.2) is 5.69 Å². The number of esters is 1. The molecular weight excluding hydrogens is 501 g/mol. The lowest BCUT2D eigenvalue weighted by Crippen LogP contribution is -2.40. The molecule has 0 N–H and O–H groups in total. The Balaban J connectivity index is 1.42. The van der Waals surface area contributed by atoms with E-state index in [0.29, 0.717) is 68.1 Å². The highest BCUT2D eigenvalue weighted by atomic mass is 35.5. The Labute approximate surface area is 220 Å². The third-order valence-electron chi connectivity index (χ3n) is 6.19. The summed E-state index contributed by atoms with van der Waals surface area (Å²) in [5, 5.41) is 1.18. The van der Waals surface area contributed by atoms with Crippen molar-refractivity contribution in [3.05, 3.63) is 87.6 Å². The molecule has 0 atom stereocenters. The second-order valence-electron chi connectivity index (χ2n) is 8.81. The van der Waals surface area contributed by atoms with Crippen molar-refractivity contribution in [3.8, 4) is 0 Å². The van der Waals surface area contributed by atoms with Gasteiger partial charge in [-0.1, -0.05) is 59.6 Å². The monoisotopic (exact) mass is 529 g/mol. The van der Waals surface area contributed by atoms with Crippen LogP contribution < -0.4 is 0 Å². The first-order valence-corrected chi connectivity index (χ1v) is 12.8. The summed E-state index contributed by atoms with van der Waals surface area (Å²) < 4.78 is 10.8. The summed E-state index contributed by atoms with van der Waals surface area (Å²) in [5.74, 6) is -0.0934. The lowest BCUT2D eigenvalue weighted by molar-refractivity contribution is -0.149. The number of carbonyl (C=O) groups is 2. The minimum Gasteiger partial charge on any atom is -0.466 e. The minimum absolute atomic E-state index is 0.159. The van der Waals surface area contributed by atoms with Crippen LogP contribution in [0.1, 0.15) is 47.3 Å². The predicted molar refractivity (Wildman–Crippen MR) is 138 cm³/mol. The molecule has 0 aliphatic carbocycles.